The number of ether oxygens (including phenoxy) is 1. The van der Waals surface area contributed by atoms with E-state index >= 15 is 0 Å². The minimum absolute atomic E-state index is 0.374. The monoisotopic (exact) mass is 253 g/mol. The van der Waals surface area contributed by atoms with Crippen LogP contribution >= 0.6 is 0 Å². The lowest BCUT2D eigenvalue weighted by molar-refractivity contribution is 0.178. The Balaban J connectivity index is 3.02. The molecule has 1 aromatic heterocycles. The van der Waals surface area contributed by atoms with E-state index in [0.717, 1.165) is 18.7 Å². The predicted molar refractivity (Wildman–Crippen MR) is 73.3 cm³/mol. The molecule has 0 aromatic carbocycles. The van der Waals surface area contributed by atoms with Crippen molar-refractivity contribution in [3.05, 3.63) is 11.9 Å². The fourth-order valence-corrected chi connectivity index (χ4v) is 1.95. The Morgan fingerprint density at radius 3 is 2.56 bits per heavy atom. The molecule has 0 aliphatic heterocycles. The van der Waals surface area contributed by atoms with E-state index in [4.69, 9.17) is 10.6 Å². The smallest absolute Gasteiger partial charge is 0.158 e. The zero-order valence-electron chi connectivity index (χ0n) is 11.6. The van der Waals surface area contributed by atoms with Crippen LogP contribution in [0.5, 0.6) is 0 Å². The molecular weight excluding hydrogens is 230 g/mol. The van der Waals surface area contributed by atoms with Gasteiger partial charge in [-0.25, -0.2) is 15.8 Å². The van der Waals surface area contributed by atoms with Gasteiger partial charge in [0.05, 0.1) is 0 Å². The molecule has 0 unspecified atom stereocenters. The summed E-state index contributed by atoms with van der Waals surface area (Å²) in [7, 11) is 3.66. The van der Waals surface area contributed by atoms with Gasteiger partial charge in [0.2, 0.25) is 0 Å². The molecule has 1 rings (SSSR count). The first kappa shape index (κ1) is 14.7. The van der Waals surface area contributed by atoms with Crippen molar-refractivity contribution in [1.82, 2.24) is 9.97 Å². The van der Waals surface area contributed by atoms with Crippen LogP contribution in [-0.2, 0) is 11.3 Å². The molecule has 0 spiro atoms. The number of nitrogens with two attached hydrogens (primary N) is 1. The summed E-state index contributed by atoms with van der Waals surface area (Å²) in [6.45, 7) is 4.72. The van der Waals surface area contributed by atoms with Crippen molar-refractivity contribution < 1.29 is 4.74 Å². The van der Waals surface area contributed by atoms with E-state index in [-0.39, 0.29) is 0 Å². The third-order valence-corrected chi connectivity index (χ3v) is 3.03. The van der Waals surface area contributed by atoms with Gasteiger partial charge in [-0.05, 0) is 12.8 Å². The van der Waals surface area contributed by atoms with Crippen LogP contribution in [0.25, 0.3) is 0 Å². The number of hydrazine groups is 1. The molecule has 0 radical (unpaired) electrons. The molecule has 102 valence electrons. The van der Waals surface area contributed by atoms with E-state index in [0.29, 0.717) is 24.3 Å². The van der Waals surface area contributed by atoms with Gasteiger partial charge in [0, 0.05) is 26.3 Å². The SMILES string of the molecule is CCC(CC)N(C)c1cc(NN)nc(COC)n1. The Kier molecular flexibility index (Phi) is 5.80. The largest absolute Gasteiger partial charge is 0.377 e. The highest BCUT2D eigenvalue weighted by molar-refractivity contribution is 5.49. The van der Waals surface area contributed by atoms with Crippen LogP contribution in [0.1, 0.15) is 32.5 Å². The van der Waals surface area contributed by atoms with Gasteiger partial charge in [-0.2, -0.15) is 0 Å². The highest BCUT2D eigenvalue weighted by Crippen LogP contribution is 2.19. The molecule has 0 aliphatic carbocycles. The zero-order valence-corrected chi connectivity index (χ0v) is 11.6. The number of hydrogen-bond donors (Lipinski definition) is 2. The first-order valence-corrected chi connectivity index (χ1v) is 6.22. The van der Waals surface area contributed by atoms with Crippen LogP contribution in [0.2, 0.25) is 0 Å². The van der Waals surface area contributed by atoms with Crippen molar-refractivity contribution in [2.75, 3.05) is 24.5 Å². The van der Waals surface area contributed by atoms with E-state index in [1.807, 2.05) is 13.1 Å². The normalized spacial score (nSPS) is 10.8. The Morgan fingerprint density at radius 2 is 2.06 bits per heavy atom. The second kappa shape index (κ2) is 7.13. The summed E-state index contributed by atoms with van der Waals surface area (Å²) in [5, 5.41) is 0. The average Bonchev–Trinajstić information content (AvgIpc) is 2.40. The van der Waals surface area contributed by atoms with E-state index in [9.17, 15) is 0 Å². The molecule has 3 N–H and O–H groups in total. The summed E-state index contributed by atoms with van der Waals surface area (Å²) >= 11 is 0. The van der Waals surface area contributed by atoms with Crippen LogP contribution in [-0.4, -0.2) is 30.2 Å². The molecule has 18 heavy (non-hydrogen) atoms. The van der Waals surface area contributed by atoms with Crippen LogP contribution in [0.15, 0.2) is 6.07 Å². The maximum Gasteiger partial charge on any atom is 0.158 e. The van der Waals surface area contributed by atoms with Crippen molar-refractivity contribution in [2.24, 2.45) is 5.84 Å². The predicted octanol–water partition coefficient (Wildman–Crippen LogP) is 1.53. The molecular formula is C12H23N5O. The van der Waals surface area contributed by atoms with Gasteiger partial charge in [-0.1, -0.05) is 13.8 Å². The third kappa shape index (κ3) is 3.54. The summed E-state index contributed by atoms with van der Waals surface area (Å²) in [6.07, 6.45) is 2.14. The fourth-order valence-electron chi connectivity index (χ4n) is 1.95. The number of nitrogens with one attached hydrogen (secondary N) is 1. The maximum atomic E-state index is 5.43. The summed E-state index contributed by atoms with van der Waals surface area (Å²) in [4.78, 5) is 10.9. The summed E-state index contributed by atoms with van der Waals surface area (Å²) < 4.78 is 5.06. The van der Waals surface area contributed by atoms with Gasteiger partial charge in [0.15, 0.2) is 5.82 Å². The van der Waals surface area contributed by atoms with Crippen molar-refractivity contribution in [2.45, 2.75) is 39.3 Å². The van der Waals surface area contributed by atoms with Crippen LogP contribution < -0.4 is 16.2 Å². The lowest BCUT2D eigenvalue weighted by Gasteiger charge is -2.27. The summed E-state index contributed by atoms with van der Waals surface area (Å²) in [5.41, 5.74) is 2.56. The Morgan fingerprint density at radius 1 is 1.39 bits per heavy atom. The molecule has 0 fully saturated rings. The van der Waals surface area contributed by atoms with E-state index in [1.165, 1.54) is 0 Å². The number of anilines is 2. The highest BCUT2D eigenvalue weighted by Gasteiger charge is 2.14. The van der Waals surface area contributed by atoms with Gasteiger partial charge >= 0.3 is 0 Å². The number of aromatic nitrogens is 2. The third-order valence-electron chi connectivity index (χ3n) is 3.03. The molecule has 0 saturated carbocycles. The Hall–Kier alpha value is -1.40. The van der Waals surface area contributed by atoms with Crippen LogP contribution in [0.4, 0.5) is 11.6 Å². The second-order valence-electron chi connectivity index (χ2n) is 4.19. The fraction of sp³-hybridized carbons (Fsp3) is 0.667. The molecule has 0 bridgehead atoms. The maximum absolute atomic E-state index is 5.43. The molecule has 1 aromatic rings. The molecule has 1 heterocycles. The van der Waals surface area contributed by atoms with Gasteiger partial charge in [0.25, 0.3) is 0 Å². The summed E-state index contributed by atoms with van der Waals surface area (Å²) in [6, 6.07) is 2.30. The topological polar surface area (TPSA) is 76.3 Å². The van der Waals surface area contributed by atoms with Crippen molar-refractivity contribution >= 4 is 11.6 Å². The van der Waals surface area contributed by atoms with Gasteiger partial charge in [-0.15, -0.1) is 0 Å². The number of nitrogens with zero attached hydrogens (tertiary/aromatic N) is 3. The molecule has 0 amide bonds. The van der Waals surface area contributed by atoms with Gasteiger partial charge in [-0.3, -0.25) is 0 Å². The molecule has 6 heteroatoms. The quantitative estimate of drug-likeness (QED) is 0.567. The standard InChI is InChI=1S/C12H23N5O/c1-5-9(6-2)17(3)12-7-10(16-13)14-11(15-12)8-18-4/h7,9H,5-6,8,13H2,1-4H3,(H,14,15,16). The van der Waals surface area contributed by atoms with E-state index in [2.05, 4.69) is 34.1 Å². The number of nitrogen functional groups attached to an aromatic ring is 1. The van der Waals surface area contributed by atoms with Crippen LogP contribution in [0.3, 0.4) is 0 Å². The zero-order chi connectivity index (χ0) is 13.5. The summed E-state index contributed by atoms with van der Waals surface area (Å²) in [5.74, 6) is 7.51. The number of methoxy groups -OCH3 is 1. The number of hydrogen-bond acceptors (Lipinski definition) is 6. The molecule has 0 aliphatic rings. The van der Waals surface area contributed by atoms with Gasteiger partial charge < -0.3 is 15.1 Å². The lowest BCUT2D eigenvalue weighted by atomic mass is 10.1. The van der Waals surface area contributed by atoms with Crippen molar-refractivity contribution in [3.8, 4) is 0 Å². The molecule has 0 saturated heterocycles. The minimum atomic E-state index is 0.374. The van der Waals surface area contributed by atoms with E-state index < -0.39 is 0 Å². The van der Waals surface area contributed by atoms with Crippen molar-refractivity contribution in [1.29, 1.82) is 0 Å². The Bertz CT molecular complexity index is 367. The first-order valence-electron chi connectivity index (χ1n) is 6.22. The average molecular weight is 253 g/mol. The number of rotatable bonds is 7. The Labute approximate surface area is 109 Å². The van der Waals surface area contributed by atoms with Crippen LogP contribution in [0, 0.1) is 0 Å². The molecule has 6 nitrogen and oxygen atoms in total. The lowest BCUT2D eigenvalue weighted by Crippen LogP contribution is -2.31. The molecule has 0 atom stereocenters. The first-order chi connectivity index (χ1) is 8.65. The van der Waals surface area contributed by atoms with E-state index in [1.54, 1.807) is 7.11 Å². The van der Waals surface area contributed by atoms with Gasteiger partial charge in [0.1, 0.15) is 18.2 Å². The minimum Gasteiger partial charge on any atom is -0.377 e. The van der Waals surface area contributed by atoms with Crippen molar-refractivity contribution in [3.63, 3.8) is 0 Å². The second-order valence-corrected chi connectivity index (χ2v) is 4.19. The highest BCUT2D eigenvalue weighted by atomic mass is 16.5.